The van der Waals surface area contributed by atoms with Crippen LogP contribution in [0.15, 0.2) is 101 Å². The Bertz CT molecular complexity index is 1520. The van der Waals surface area contributed by atoms with E-state index in [1.807, 2.05) is 84.3 Å². The molecule has 0 aliphatic rings. The predicted octanol–water partition coefficient (Wildman–Crippen LogP) is 5.97. The highest BCUT2D eigenvalue weighted by molar-refractivity contribution is 7.98. The van der Waals surface area contributed by atoms with E-state index in [0.29, 0.717) is 22.6 Å². The number of amides is 1. The van der Waals surface area contributed by atoms with Crippen LogP contribution in [0.3, 0.4) is 0 Å². The lowest BCUT2D eigenvalue weighted by atomic mass is 10.1. The smallest absolute Gasteiger partial charge is 0.273 e. The molecule has 5 aromatic rings. The Morgan fingerprint density at radius 2 is 1.79 bits per heavy atom. The molecule has 198 valence electrons. The molecule has 1 unspecified atom stereocenters. The zero-order chi connectivity index (χ0) is 27.0. The number of oxazole rings is 1. The SMILES string of the molecule is COc1cccc(-c2nnc(SCc3nc(C(=O)NC(C)CCc4ccccc4)co3)n2-c2ccccc2)c1. The van der Waals surface area contributed by atoms with Crippen molar-refractivity contribution in [3.05, 3.63) is 108 Å². The van der Waals surface area contributed by atoms with Crippen LogP contribution in [0.2, 0.25) is 0 Å². The molecule has 39 heavy (non-hydrogen) atoms. The van der Waals surface area contributed by atoms with Crippen molar-refractivity contribution in [3.63, 3.8) is 0 Å². The Kier molecular flexibility index (Phi) is 8.38. The summed E-state index contributed by atoms with van der Waals surface area (Å²) in [5.41, 5.74) is 3.32. The van der Waals surface area contributed by atoms with Crippen molar-refractivity contribution < 1.29 is 13.9 Å². The molecule has 0 aliphatic heterocycles. The van der Waals surface area contributed by atoms with E-state index in [9.17, 15) is 4.79 Å². The van der Waals surface area contributed by atoms with Gasteiger partial charge in [-0.25, -0.2) is 4.98 Å². The number of hydrogen-bond donors (Lipinski definition) is 1. The van der Waals surface area contributed by atoms with E-state index in [1.54, 1.807) is 7.11 Å². The summed E-state index contributed by atoms with van der Waals surface area (Å²) in [7, 11) is 1.64. The highest BCUT2D eigenvalue weighted by Crippen LogP contribution is 2.31. The van der Waals surface area contributed by atoms with Crippen LogP contribution >= 0.6 is 11.8 Å². The highest BCUT2D eigenvalue weighted by atomic mass is 32.2. The minimum absolute atomic E-state index is 0.00619. The number of aromatic nitrogens is 4. The molecule has 2 aromatic heterocycles. The largest absolute Gasteiger partial charge is 0.497 e. The maximum absolute atomic E-state index is 12.7. The maximum atomic E-state index is 12.7. The van der Waals surface area contributed by atoms with Crippen molar-refractivity contribution >= 4 is 17.7 Å². The normalized spacial score (nSPS) is 11.7. The van der Waals surface area contributed by atoms with Gasteiger partial charge < -0.3 is 14.5 Å². The molecular weight excluding hydrogens is 510 g/mol. The van der Waals surface area contributed by atoms with Gasteiger partial charge >= 0.3 is 0 Å². The Labute approximate surface area is 231 Å². The molecule has 1 amide bonds. The zero-order valence-electron chi connectivity index (χ0n) is 21.8. The van der Waals surface area contributed by atoms with Crippen LogP contribution in [0.25, 0.3) is 17.1 Å². The first-order valence-corrected chi connectivity index (χ1v) is 13.7. The maximum Gasteiger partial charge on any atom is 0.273 e. The van der Waals surface area contributed by atoms with Crippen LogP contribution in [-0.4, -0.2) is 38.8 Å². The van der Waals surface area contributed by atoms with Gasteiger partial charge in [0.2, 0.25) is 5.89 Å². The quantitative estimate of drug-likeness (QED) is 0.207. The van der Waals surface area contributed by atoms with Crippen LogP contribution in [0.1, 0.15) is 35.3 Å². The second kappa shape index (κ2) is 12.4. The zero-order valence-corrected chi connectivity index (χ0v) is 22.6. The van der Waals surface area contributed by atoms with Gasteiger partial charge in [-0.2, -0.15) is 0 Å². The molecule has 8 nitrogen and oxygen atoms in total. The third-order valence-corrected chi connectivity index (χ3v) is 7.08. The van der Waals surface area contributed by atoms with Gasteiger partial charge in [0.05, 0.1) is 12.9 Å². The van der Waals surface area contributed by atoms with E-state index in [-0.39, 0.29) is 17.6 Å². The number of thioether (sulfide) groups is 1. The van der Waals surface area contributed by atoms with Crippen molar-refractivity contribution in [1.82, 2.24) is 25.1 Å². The lowest BCUT2D eigenvalue weighted by molar-refractivity contribution is 0.0933. The summed E-state index contributed by atoms with van der Waals surface area (Å²) in [5.74, 6) is 2.01. The van der Waals surface area contributed by atoms with Crippen LogP contribution < -0.4 is 10.1 Å². The minimum atomic E-state index is -0.247. The number of ether oxygens (including phenoxy) is 1. The summed E-state index contributed by atoms with van der Waals surface area (Å²) in [6.45, 7) is 1.99. The molecule has 9 heteroatoms. The second-order valence-electron chi connectivity index (χ2n) is 9.02. The summed E-state index contributed by atoms with van der Waals surface area (Å²) < 4.78 is 13.0. The van der Waals surface area contributed by atoms with Crippen molar-refractivity contribution in [2.24, 2.45) is 0 Å². The third kappa shape index (κ3) is 6.56. The molecule has 0 fully saturated rings. The van der Waals surface area contributed by atoms with Gasteiger partial charge in [0, 0.05) is 17.3 Å². The number of aryl methyl sites for hydroxylation is 1. The summed E-state index contributed by atoms with van der Waals surface area (Å²) in [6, 6.07) is 27.9. The van der Waals surface area contributed by atoms with E-state index in [1.165, 1.54) is 23.6 Å². The van der Waals surface area contributed by atoms with Gasteiger partial charge in [-0.15, -0.1) is 10.2 Å². The molecule has 2 heterocycles. The van der Waals surface area contributed by atoms with Gasteiger partial charge in [-0.05, 0) is 49.6 Å². The third-order valence-electron chi connectivity index (χ3n) is 6.17. The highest BCUT2D eigenvalue weighted by Gasteiger charge is 2.19. The predicted molar refractivity (Wildman–Crippen MR) is 151 cm³/mol. The standard InChI is InChI=1S/C30H29N5O3S/c1-21(16-17-22-10-5-3-6-11-22)31-29(36)26-19-38-27(32-26)20-39-30-34-33-28(23-12-9-15-25(18-23)37-2)35(30)24-13-7-4-8-14-24/h3-15,18-19,21H,16-17,20H2,1-2H3,(H,31,36). The number of para-hydroxylation sites is 1. The molecular formula is C30H29N5O3S. The van der Waals surface area contributed by atoms with Crippen molar-refractivity contribution in [2.45, 2.75) is 36.7 Å². The summed E-state index contributed by atoms with van der Waals surface area (Å²) in [5, 5.41) is 12.6. The second-order valence-corrected chi connectivity index (χ2v) is 9.97. The molecule has 1 atom stereocenters. The Hall–Kier alpha value is -4.37. The Morgan fingerprint density at radius 3 is 2.56 bits per heavy atom. The summed E-state index contributed by atoms with van der Waals surface area (Å²) in [6.07, 6.45) is 3.13. The van der Waals surface area contributed by atoms with Gasteiger partial charge in [-0.1, -0.05) is 72.4 Å². The summed E-state index contributed by atoms with van der Waals surface area (Å²) in [4.78, 5) is 17.1. The molecule has 0 aliphatic carbocycles. The van der Waals surface area contributed by atoms with Crippen LogP contribution in [-0.2, 0) is 12.2 Å². The van der Waals surface area contributed by atoms with Crippen LogP contribution in [0.5, 0.6) is 5.75 Å². The monoisotopic (exact) mass is 539 g/mol. The van der Waals surface area contributed by atoms with E-state index in [0.717, 1.165) is 29.8 Å². The van der Waals surface area contributed by atoms with E-state index in [4.69, 9.17) is 9.15 Å². The molecule has 0 saturated carbocycles. The van der Waals surface area contributed by atoms with Crippen LogP contribution in [0, 0.1) is 0 Å². The molecule has 0 bridgehead atoms. The molecule has 1 N–H and O–H groups in total. The number of nitrogens with zero attached hydrogens (tertiary/aromatic N) is 4. The van der Waals surface area contributed by atoms with Gasteiger partial charge in [0.15, 0.2) is 16.7 Å². The first-order chi connectivity index (χ1) is 19.1. The van der Waals surface area contributed by atoms with E-state index in [2.05, 4.69) is 32.6 Å². The Balaban J connectivity index is 1.26. The number of hydrogen-bond acceptors (Lipinski definition) is 7. The minimum Gasteiger partial charge on any atom is -0.497 e. The first-order valence-electron chi connectivity index (χ1n) is 12.7. The fraction of sp³-hybridized carbons (Fsp3) is 0.200. The molecule has 0 spiro atoms. The average Bonchev–Trinajstić information content (AvgIpc) is 3.63. The molecule has 0 radical (unpaired) electrons. The lowest BCUT2D eigenvalue weighted by Gasteiger charge is -2.12. The average molecular weight is 540 g/mol. The topological polar surface area (TPSA) is 95.1 Å². The number of carbonyl (C=O) groups is 1. The number of nitrogens with one attached hydrogen (secondary N) is 1. The first kappa shape index (κ1) is 26.2. The van der Waals surface area contributed by atoms with Crippen molar-refractivity contribution in [1.29, 1.82) is 0 Å². The fourth-order valence-corrected chi connectivity index (χ4v) is 4.93. The van der Waals surface area contributed by atoms with E-state index >= 15 is 0 Å². The fourth-order valence-electron chi connectivity index (χ4n) is 4.13. The molecule has 3 aromatic carbocycles. The molecule has 0 saturated heterocycles. The van der Waals surface area contributed by atoms with Gasteiger partial charge in [-0.3, -0.25) is 9.36 Å². The van der Waals surface area contributed by atoms with Gasteiger partial charge in [0.25, 0.3) is 5.91 Å². The number of rotatable bonds is 11. The lowest BCUT2D eigenvalue weighted by Crippen LogP contribution is -2.33. The van der Waals surface area contributed by atoms with Crippen molar-refractivity contribution in [2.75, 3.05) is 7.11 Å². The van der Waals surface area contributed by atoms with E-state index < -0.39 is 0 Å². The number of methoxy groups -OCH3 is 1. The molecule has 5 rings (SSSR count). The Morgan fingerprint density at radius 1 is 1.03 bits per heavy atom. The number of carbonyl (C=O) groups excluding carboxylic acids is 1. The number of benzene rings is 3. The van der Waals surface area contributed by atoms with Gasteiger partial charge in [0.1, 0.15) is 12.0 Å². The van der Waals surface area contributed by atoms with Crippen LogP contribution in [0.4, 0.5) is 0 Å². The summed E-state index contributed by atoms with van der Waals surface area (Å²) >= 11 is 1.44. The van der Waals surface area contributed by atoms with Crippen molar-refractivity contribution in [3.8, 4) is 22.8 Å².